The zero-order valence-corrected chi connectivity index (χ0v) is 9.31. The summed E-state index contributed by atoms with van der Waals surface area (Å²) in [4.78, 5) is 0. The van der Waals surface area contributed by atoms with E-state index in [1.165, 1.54) is 18.9 Å². The van der Waals surface area contributed by atoms with Crippen LogP contribution in [0.15, 0.2) is 18.2 Å². The maximum absolute atomic E-state index is 12.0. The van der Waals surface area contributed by atoms with Gasteiger partial charge in [-0.2, -0.15) is 8.78 Å². The van der Waals surface area contributed by atoms with Crippen molar-refractivity contribution >= 4 is 11.6 Å². The topological polar surface area (TPSA) is 21.3 Å². The van der Waals surface area contributed by atoms with Crippen LogP contribution in [0.2, 0.25) is 5.02 Å². The van der Waals surface area contributed by atoms with Crippen LogP contribution in [0.3, 0.4) is 0 Å². The summed E-state index contributed by atoms with van der Waals surface area (Å²) in [6.07, 6.45) is 2.42. The van der Waals surface area contributed by atoms with Crippen LogP contribution in [-0.4, -0.2) is 12.7 Å². The molecule has 1 saturated carbocycles. The van der Waals surface area contributed by atoms with E-state index in [9.17, 15) is 8.78 Å². The smallest absolute Gasteiger partial charge is 0.387 e. The van der Waals surface area contributed by atoms with E-state index in [2.05, 4.69) is 10.1 Å². The molecule has 0 aromatic heterocycles. The Bertz CT molecular complexity index is 369. The van der Waals surface area contributed by atoms with E-state index in [0.717, 1.165) is 5.56 Å². The molecule has 1 aliphatic carbocycles. The lowest BCUT2D eigenvalue weighted by molar-refractivity contribution is -0.0497. The molecule has 1 aromatic carbocycles. The van der Waals surface area contributed by atoms with Crippen LogP contribution < -0.4 is 10.1 Å². The molecule has 0 bridgehead atoms. The van der Waals surface area contributed by atoms with Crippen molar-refractivity contribution in [2.45, 2.75) is 32.0 Å². The van der Waals surface area contributed by atoms with Crippen LogP contribution in [0.5, 0.6) is 5.75 Å². The minimum Gasteiger partial charge on any atom is -0.433 e. The average Bonchev–Trinajstić information content (AvgIpc) is 3.02. The highest BCUT2D eigenvalue weighted by Crippen LogP contribution is 2.27. The number of ether oxygens (including phenoxy) is 1. The Kier molecular flexibility index (Phi) is 3.61. The second kappa shape index (κ2) is 4.97. The van der Waals surface area contributed by atoms with Gasteiger partial charge in [-0.3, -0.25) is 0 Å². The predicted molar refractivity (Wildman–Crippen MR) is 57.9 cm³/mol. The summed E-state index contributed by atoms with van der Waals surface area (Å²) in [6, 6.07) is 5.46. The van der Waals surface area contributed by atoms with Gasteiger partial charge in [-0.25, -0.2) is 0 Å². The van der Waals surface area contributed by atoms with Crippen LogP contribution in [-0.2, 0) is 6.54 Å². The first-order valence-corrected chi connectivity index (χ1v) is 5.49. The minimum absolute atomic E-state index is 0.0202. The molecule has 16 heavy (non-hydrogen) atoms. The van der Waals surface area contributed by atoms with Gasteiger partial charge in [0, 0.05) is 12.6 Å². The quantitative estimate of drug-likeness (QED) is 0.863. The van der Waals surface area contributed by atoms with Crippen molar-refractivity contribution in [1.82, 2.24) is 5.32 Å². The van der Waals surface area contributed by atoms with Crippen molar-refractivity contribution in [2.24, 2.45) is 0 Å². The van der Waals surface area contributed by atoms with Crippen LogP contribution in [0.4, 0.5) is 8.78 Å². The third-order valence-corrected chi connectivity index (χ3v) is 2.68. The number of nitrogens with one attached hydrogen (secondary N) is 1. The van der Waals surface area contributed by atoms with Crippen molar-refractivity contribution in [3.05, 3.63) is 28.8 Å². The van der Waals surface area contributed by atoms with Crippen LogP contribution >= 0.6 is 11.6 Å². The average molecular weight is 248 g/mol. The second-order valence-corrected chi connectivity index (χ2v) is 4.21. The highest BCUT2D eigenvalue weighted by atomic mass is 35.5. The lowest BCUT2D eigenvalue weighted by Crippen LogP contribution is -2.15. The lowest BCUT2D eigenvalue weighted by Gasteiger charge is -2.08. The Morgan fingerprint density at radius 3 is 2.75 bits per heavy atom. The molecule has 2 nitrogen and oxygen atoms in total. The molecule has 0 aliphatic heterocycles. The molecule has 0 saturated heterocycles. The fourth-order valence-electron chi connectivity index (χ4n) is 1.40. The Hall–Kier alpha value is -0.870. The number of benzene rings is 1. The summed E-state index contributed by atoms with van der Waals surface area (Å²) in [5.41, 5.74) is 0.971. The molecule has 1 aliphatic rings. The van der Waals surface area contributed by atoms with Crippen molar-refractivity contribution in [3.8, 4) is 5.75 Å². The summed E-state index contributed by atoms with van der Waals surface area (Å²) >= 11 is 5.82. The zero-order chi connectivity index (χ0) is 11.5. The maximum Gasteiger partial charge on any atom is 0.387 e. The molecule has 0 heterocycles. The Morgan fingerprint density at radius 2 is 2.19 bits per heavy atom. The molecule has 2 rings (SSSR count). The van der Waals surface area contributed by atoms with Gasteiger partial charge in [0.25, 0.3) is 0 Å². The summed E-state index contributed by atoms with van der Waals surface area (Å²) in [6.45, 7) is -2.13. The molecule has 5 heteroatoms. The first-order chi connectivity index (χ1) is 7.65. The first-order valence-electron chi connectivity index (χ1n) is 5.12. The van der Waals surface area contributed by atoms with Gasteiger partial charge in [-0.1, -0.05) is 17.7 Å². The second-order valence-electron chi connectivity index (χ2n) is 3.80. The molecular formula is C11H12ClF2NO. The zero-order valence-electron chi connectivity index (χ0n) is 8.55. The monoisotopic (exact) mass is 247 g/mol. The molecule has 88 valence electrons. The molecule has 0 unspecified atom stereocenters. The summed E-state index contributed by atoms with van der Waals surface area (Å²) in [5, 5.41) is 3.53. The molecule has 1 N–H and O–H groups in total. The molecule has 0 spiro atoms. The molecule has 0 atom stereocenters. The van der Waals surface area contributed by atoms with Crippen molar-refractivity contribution < 1.29 is 13.5 Å². The van der Waals surface area contributed by atoms with Gasteiger partial charge in [0.2, 0.25) is 0 Å². The molecule has 0 amide bonds. The number of rotatable bonds is 5. The van der Waals surface area contributed by atoms with Crippen LogP contribution in [0.25, 0.3) is 0 Å². The van der Waals surface area contributed by atoms with Gasteiger partial charge >= 0.3 is 6.61 Å². The number of halogens is 3. The third-order valence-electron chi connectivity index (χ3n) is 2.38. The predicted octanol–water partition coefficient (Wildman–Crippen LogP) is 3.19. The van der Waals surface area contributed by atoms with Crippen LogP contribution in [0, 0.1) is 0 Å². The number of hydrogen-bond acceptors (Lipinski definition) is 2. The first kappa shape index (κ1) is 11.6. The summed E-state index contributed by atoms with van der Waals surface area (Å²) < 4.78 is 28.2. The van der Waals surface area contributed by atoms with Gasteiger partial charge in [0.05, 0.1) is 5.02 Å². The van der Waals surface area contributed by atoms with E-state index >= 15 is 0 Å². The molecule has 1 fully saturated rings. The number of alkyl halides is 2. The standard InChI is InChI=1S/C11H12ClF2NO/c12-9-5-7(6-15-8-2-3-8)1-4-10(9)16-11(13)14/h1,4-5,8,11,15H,2-3,6H2. The SMILES string of the molecule is FC(F)Oc1ccc(CNC2CC2)cc1Cl. The highest BCUT2D eigenvalue weighted by Gasteiger charge is 2.20. The van der Waals surface area contributed by atoms with E-state index in [-0.39, 0.29) is 10.8 Å². The fourth-order valence-corrected chi connectivity index (χ4v) is 1.64. The van der Waals surface area contributed by atoms with E-state index in [1.54, 1.807) is 12.1 Å². The van der Waals surface area contributed by atoms with Gasteiger partial charge in [0.1, 0.15) is 5.75 Å². The molecular weight excluding hydrogens is 236 g/mol. The normalized spacial score (nSPS) is 15.5. The Balaban J connectivity index is 1.97. The van der Waals surface area contributed by atoms with E-state index in [0.29, 0.717) is 12.6 Å². The fraction of sp³-hybridized carbons (Fsp3) is 0.455. The van der Waals surface area contributed by atoms with Gasteiger partial charge < -0.3 is 10.1 Å². The van der Waals surface area contributed by atoms with Crippen molar-refractivity contribution in [1.29, 1.82) is 0 Å². The van der Waals surface area contributed by atoms with Crippen LogP contribution in [0.1, 0.15) is 18.4 Å². The maximum atomic E-state index is 12.0. The number of hydrogen-bond donors (Lipinski definition) is 1. The lowest BCUT2D eigenvalue weighted by atomic mass is 10.2. The minimum atomic E-state index is -2.84. The van der Waals surface area contributed by atoms with Crippen molar-refractivity contribution in [3.63, 3.8) is 0 Å². The van der Waals surface area contributed by atoms with Gasteiger partial charge in [-0.05, 0) is 30.5 Å². The Labute approximate surface area is 97.5 Å². The van der Waals surface area contributed by atoms with E-state index in [1.807, 2.05) is 0 Å². The Morgan fingerprint density at radius 1 is 1.44 bits per heavy atom. The summed E-state index contributed by atoms with van der Waals surface area (Å²) in [5.74, 6) is 0.0202. The summed E-state index contributed by atoms with van der Waals surface area (Å²) in [7, 11) is 0. The van der Waals surface area contributed by atoms with E-state index < -0.39 is 6.61 Å². The largest absolute Gasteiger partial charge is 0.433 e. The van der Waals surface area contributed by atoms with E-state index in [4.69, 9.17) is 11.6 Å². The van der Waals surface area contributed by atoms with Gasteiger partial charge in [0.15, 0.2) is 0 Å². The third kappa shape index (κ3) is 3.32. The van der Waals surface area contributed by atoms with Crippen molar-refractivity contribution in [2.75, 3.05) is 0 Å². The highest BCUT2D eigenvalue weighted by molar-refractivity contribution is 6.32. The van der Waals surface area contributed by atoms with Gasteiger partial charge in [-0.15, -0.1) is 0 Å². The molecule has 0 radical (unpaired) electrons. The molecule has 1 aromatic rings.